The van der Waals surface area contributed by atoms with E-state index in [0.717, 1.165) is 24.8 Å². The molecule has 0 unspecified atom stereocenters. The summed E-state index contributed by atoms with van der Waals surface area (Å²) >= 11 is 6.36. The lowest BCUT2D eigenvalue weighted by Crippen LogP contribution is -2.53. The van der Waals surface area contributed by atoms with Gasteiger partial charge >= 0.3 is 18.4 Å². The van der Waals surface area contributed by atoms with Gasteiger partial charge in [0.1, 0.15) is 0 Å². The maximum Gasteiger partial charge on any atom is 0.430 e. The number of aliphatic hydroxyl groups is 1. The minimum absolute atomic E-state index is 0.00272. The molecule has 0 bridgehead atoms. The fourth-order valence-corrected chi connectivity index (χ4v) is 4.98. The van der Waals surface area contributed by atoms with Crippen molar-refractivity contribution in [2.75, 3.05) is 31.6 Å². The number of nitrogens with zero attached hydrogens (tertiary/aromatic N) is 1. The zero-order valence-electron chi connectivity index (χ0n) is 20.7. The number of urea groups is 1. The Bertz CT molecular complexity index is 1130. The lowest BCUT2D eigenvalue weighted by molar-refractivity contribution is -0.376. The Morgan fingerprint density at radius 3 is 2.08 bits per heavy atom. The van der Waals surface area contributed by atoms with E-state index >= 15 is 0 Å². The van der Waals surface area contributed by atoms with E-state index in [2.05, 4.69) is 15.5 Å². The second-order valence-corrected chi connectivity index (χ2v) is 10.4. The maximum atomic E-state index is 13.1. The number of hydrogen-bond donors (Lipinski definition) is 3. The first-order valence-corrected chi connectivity index (χ1v) is 12.8. The average Bonchev–Trinajstić information content (AvgIpc) is 2.83. The van der Waals surface area contributed by atoms with Crippen molar-refractivity contribution >= 4 is 23.3 Å². The van der Waals surface area contributed by atoms with Crippen molar-refractivity contribution in [2.24, 2.45) is 5.92 Å². The highest BCUT2D eigenvalue weighted by Crippen LogP contribution is 2.50. The number of piperidine rings is 1. The smallest absolute Gasteiger partial charge is 0.377 e. The van der Waals surface area contributed by atoms with Crippen molar-refractivity contribution in [3.05, 3.63) is 64.2 Å². The molecule has 13 heteroatoms. The fourth-order valence-electron chi connectivity index (χ4n) is 4.73. The van der Waals surface area contributed by atoms with Crippen LogP contribution in [-0.2, 0) is 23.3 Å². The largest absolute Gasteiger partial charge is 0.430 e. The van der Waals surface area contributed by atoms with Gasteiger partial charge in [0.25, 0.3) is 5.60 Å². The number of alkyl halides is 6. The Labute approximate surface area is 226 Å². The van der Waals surface area contributed by atoms with Gasteiger partial charge in [0, 0.05) is 12.1 Å². The summed E-state index contributed by atoms with van der Waals surface area (Å²) in [5.41, 5.74) is -4.12. The minimum atomic E-state index is -5.91. The van der Waals surface area contributed by atoms with Crippen LogP contribution in [0.15, 0.2) is 42.5 Å². The van der Waals surface area contributed by atoms with E-state index in [1.54, 1.807) is 6.07 Å². The highest BCUT2D eigenvalue weighted by Gasteiger charge is 2.71. The number of carbonyl (C=O) groups is 1. The fraction of sp³-hybridized carbons (Fsp3) is 0.500. The number of rotatable bonds is 7. The van der Waals surface area contributed by atoms with E-state index in [-0.39, 0.29) is 12.1 Å². The lowest BCUT2D eigenvalue weighted by atomic mass is 9.89. The molecule has 214 valence electrons. The molecule has 2 aromatic rings. The van der Waals surface area contributed by atoms with E-state index in [0.29, 0.717) is 67.2 Å². The van der Waals surface area contributed by atoms with Crippen LogP contribution < -0.4 is 10.6 Å². The molecule has 2 fully saturated rings. The summed E-state index contributed by atoms with van der Waals surface area (Å²) in [6.45, 7) is 2.75. The molecule has 0 saturated carbocycles. The Kier molecular flexibility index (Phi) is 8.70. The van der Waals surface area contributed by atoms with Gasteiger partial charge in [0.2, 0.25) is 0 Å². The molecular formula is C26H28ClF6N3O3. The molecular weight excluding hydrogens is 552 g/mol. The van der Waals surface area contributed by atoms with Gasteiger partial charge in [0.05, 0.1) is 30.0 Å². The summed E-state index contributed by atoms with van der Waals surface area (Å²) in [6.07, 6.45) is -9.33. The number of carbonyl (C=O) groups excluding carboxylic acids is 1. The summed E-state index contributed by atoms with van der Waals surface area (Å²) in [4.78, 5) is 14.1. The van der Waals surface area contributed by atoms with Gasteiger partial charge in [-0.3, -0.25) is 4.90 Å². The van der Waals surface area contributed by atoms with Crippen molar-refractivity contribution < 1.29 is 41.0 Å². The summed E-state index contributed by atoms with van der Waals surface area (Å²) in [5.74, 6) is 0.369. The number of nitrogens with one attached hydrogen (secondary N) is 2. The van der Waals surface area contributed by atoms with Crippen molar-refractivity contribution in [1.82, 2.24) is 10.2 Å². The summed E-state index contributed by atoms with van der Waals surface area (Å²) < 4.78 is 83.6. The SMILES string of the molecule is O=C(Nc1ccc(CC2CCN(Cc3ccc(C(O)(C(F)(F)F)C(F)(F)F)cc3)CC2)cc1Cl)NC1COC1. The predicted molar refractivity (Wildman–Crippen MR) is 132 cm³/mol. The third kappa shape index (κ3) is 6.79. The molecule has 2 aromatic carbocycles. The number of anilines is 1. The van der Waals surface area contributed by atoms with Gasteiger partial charge in [-0.25, -0.2) is 4.79 Å². The second-order valence-electron chi connectivity index (χ2n) is 9.97. The van der Waals surface area contributed by atoms with Crippen LogP contribution in [-0.4, -0.2) is 60.7 Å². The molecule has 0 aliphatic carbocycles. The van der Waals surface area contributed by atoms with Crippen LogP contribution in [0.2, 0.25) is 5.02 Å². The zero-order valence-corrected chi connectivity index (χ0v) is 21.5. The van der Waals surface area contributed by atoms with Gasteiger partial charge in [0.15, 0.2) is 0 Å². The molecule has 2 amide bonds. The first kappa shape index (κ1) is 29.4. The molecule has 2 heterocycles. The Balaban J connectivity index is 1.27. The molecule has 2 aliphatic rings. The van der Waals surface area contributed by atoms with Crippen molar-refractivity contribution in [3.63, 3.8) is 0 Å². The molecule has 0 radical (unpaired) electrons. The van der Waals surface area contributed by atoms with Crippen LogP contribution in [0, 0.1) is 5.92 Å². The molecule has 0 spiro atoms. The number of hydrogen-bond acceptors (Lipinski definition) is 4. The highest BCUT2D eigenvalue weighted by molar-refractivity contribution is 6.33. The van der Waals surface area contributed by atoms with Gasteiger partial charge in [-0.15, -0.1) is 0 Å². The maximum absolute atomic E-state index is 13.1. The lowest BCUT2D eigenvalue weighted by Gasteiger charge is -2.33. The first-order valence-electron chi connectivity index (χ1n) is 12.4. The molecule has 6 nitrogen and oxygen atoms in total. The number of halogens is 7. The molecule has 4 rings (SSSR count). The molecule has 0 atom stereocenters. The topological polar surface area (TPSA) is 73.8 Å². The van der Waals surface area contributed by atoms with Gasteiger partial charge in [-0.2, -0.15) is 26.3 Å². The van der Waals surface area contributed by atoms with Crippen LogP contribution in [0.5, 0.6) is 0 Å². The van der Waals surface area contributed by atoms with Crippen molar-refractivity contribution in [1.29, 1.82) is 0 Å². The van der Waals surface area contributed by atoms with Crippen LogP contribution in [0.1, 0.15) is 29.5 Å². The van der Waals surface area contributed by atoms with Gasteiger partial charge in [-0.1, -0.05) is 41.9 Å². The first-order chi connectivity index (χ1) is 18.3. The monoisotopic (exact) mass is 579 g/mol. The van der Waals surface area contributed by atoms with Crippen molar-refractivity contribution in [2.45, 2.75) is 49.8 Å². The molecule has 2 aliphatic heterocycles. The van der Waals surface area contributed by atoms with E-state index in [1.807, 2.05) is 12.1 Å². The number of likely N-dealkylation sites (tertiary alicyclic amines) is 1. The Hall–Kier alpha value is -2.54. The molecule has 3 N–H and O–H groups in total. The average molecular weight is 580 g/mol. The number of amides is 2. The molecule has 39 heavy (non-hydrogen) atoms. The van der Waals surface area contributed by atoms with Crippen molar-refractivity contribution in [3.8, 4) is 0 Å². The Morgan fingerprint density at radius 2 is 1.56 bits per heavy atom. The number of ether oxygens (including phenoxy) is 1. The van der Waals surface area contributed by atoms with Crippen LogP contribution >= 0.6 is 11.6 Å². The van der Waals surface area contributed by atoms with Crippen LogP contribution in [0.25, 0.3) is 0 Å². The summed E-state index contributed by atoms with van der Waals surface area (Å²) in [5, 5.41) is 15.5. The third-order valence-corrected chi connectivity index (χ3v) is 7.40. The van der Waals surface area contributed by atoms with E-state index in [1.165, 1.54) is 12.1 Å². The van der Waals surface area contributed by atoms with E-state index in [9.17, 15) is 36.2 Å². The van der Waals surface area contributed by atoms with Gasteiger partial charge in [-0.05, 0) is 61.5 Å². The molecule has 0 aromatic heterocycles. The Morgan fingerprint density at radius 1 is 0.974 bits per heavy atom. The second kappa shape index (κ2) is 11.5. The van der Waals surface area contributed by atoms with Gasteiger partial charge < -0.3 is 20.5 Å². The summed E-state index contributed by atoms with van der Waals surface area (Å²) in [7, 11) is 0. The molecule has 2 saturated heterocycles. The van der Waals surface area contributed by atoms with E-state index < -0.39 is 23.5 Å². The predicted octanol–water partition coefficient (Wildman–Crippen LogP) is 5.63. The van der Waals surface area contributed by atoms with Crippen LogP contribution in [0.4, 0.5) is 36.8 Å². The highest BCUT2D eigenvalue weighted by atomic mass is 35.5. The van der Waals surface area contributed by atoms with E-state index in [4.69, 9.17) is 16.3 Å². The van der Waals surface area contributed by atoms with Crippen LogP contribution in [0.3, 0.4) is 0 Å². The number of benzene rings is 2. The summed E-state index contributed by atoms with van der Waals surface area (Å²) in [6, 6.07) is 8.85. The quantitative estimate of drug-likeness (QED) is 0.372. The standard InChI is InChI=1S/C26H28ClF6N3O3/c27-21-12-18(3-6-22(21)35-23(37)34-20-14-39-15-20)11-16-7-9-36(10-8-16)13-17-1-4-19(5-2-17)24(38,25(28,29)30)26(31,32)33/h1-6,12,16,20,38H,7-11,13-15H2,(H2,34,35,37). The zero-order chi connectivity index (χ0) is 28.4. The minimum Gasteiger partial charge on any atom is -0.377 e. The third-order valence-electron chi connectivity index (χ3n) is 7.08. The normalized spacial score (nSPS) is 18.1.